The summed E-state index contributed by atoms with van der Waals surface area (Å²) in [7, 11) is 1.76. The van der Waals surface area contributed by atoms with E-state index < -0.39 is 0 Å². The molecular weight excluding hydrogens is 240 g/mol. The molecule has 1 amide bonds. The molecule has 1 aromatic rings. The molecule has 1 aromatic heterocycles. The van der Waals surface area contributed by atoms with Crippen LogP contribution in [0.5, 0.6) is 0 Å². The number of nitrogens with one attached hydrogen (secondary N) is 2. The molecule has 0 radical (unpaired) electrons. The first-order valence-corrected chi connectivity index (χ1v) is 6.97. The number of carbonyl (C=O) groups excluding carboxylic acids is 1. The van der Waals surface area contributed by atoms with Gasteiger partial charge in [-0.2, -0.15) is 0 Å². The van der Waals surface area contributed by atoms with Crippen molar-refractivity contribution in [1.29, 1.82) is 0 Å². The van der Waals surface area contributed by atoms with Crippen LogP contribution in [0.3, 0.4) is 0 Å². The standard InChI is InChI=1S/C14H22N4O/c1-3-14(6-4-5-7-14)10-17-13(19)11-8-16-9-12(15-2)18-11/h8-9H,3-7,10H2,1-2H3,(H,15,18)(H,17,19). The van der Waals surface area contributed by atoms with E-state index in [1.54, 1.807) is 13.2 Å². The van der Waals surface area contributed by atoms with E-state index in [9.17, 15) is 4.79 Å². The van der Waals surface area contributed by atoms with Gasteiger partial charge in [0, 0.05) is 13.6 Å². The van der Waals surface area contributed by atoms with Gasteiger partial charge >= 0.3 is 0 Å². The Morgan fingerprint density at radius 3 is 2.74 bits per heavy atom. The lowest BCUT2D eigenvalue weighted by molar-refractivity contribution is 0.0923. The van der Waals surface area contributed by atoms with Crippen LogP contribution < -0.4 is 10.6 Å². The minimum atomic E-state index is -0.135. The second-order valence-electron chi connectivity index (χ2n) is 5.28. The van der Waals surface area contributed by atoms with Crippen LogP contribution in [-0.2, 0) is 0 Å². The van der Waals surface area contributed by atoms with Gasteiger partial charge in [-0.1, -0.05) is 19.8 Å². The monoisotopic (exact) mass is 262 g/mol. The van der Waals surface area contributed by atoms with Crippen molar-refractivity contribution in [2.24, 2.45) is 5.41 Å². The zero-order chi connectivity index (χ0) is 13.7. The maximum absolute atomic E-state index is 12.1. The van der Waals surface area contributed by atoms with Crippen LogP contribution in [0.2, 0.25) is 0 Å². The molecule has 1 fully saturated rings. The Balaban J connectivity index is 1.97. The Bertz CT molecular complexity index is 441. The van der Waals surface area contributed by atoms with Gasteiger partial charge in [-0.05, 0) is 24.7 Å². The van der Waals surface area contributed by atoms with Gasteiger partial charge in [0.25, 0.3) is 5.91 Å². The van der Waals surface area contributed by atoms with Gasteiger partial charge in [-0.25, -0.2) is 4.98 Å². The third kappa shape index (κ3) is 3.22. The van der Waals surface area contributed by atoms with Crippen molar-refractivity contribution in [3.05, 3.63) is 18.1 Å². The van der Waals surface area contributed by atoms with Crippen LogP contribution in [0.1, 0.15) is 49.5 Å². The first-order chi connectivity index (χ1) is 9.19. The Labute approximate surface area is 114 Å². The predicted octanol–water partition coefficient (Wildman–Crippen LogP) is 2.22. The van der Waals surface area contributed by atoms with Gasteiger partial charge in [0.15, 0.2) is 0 Å². The summed E-state index contributed by atoms with van der Waals surface area (Å²) in [4.78, 5) is 20.3. The highest BCUT2D eigenvalue weighted by atomic mass is 16.1. The lowest BCUT2D eigenvalue weighted by atomic mass is 9.83. The molecule has 0 aromatic carbocycles. The van der Waals surface area contributed by atoms with E-state index in [0.29, 0.717) is 16.9 Å². The number of anilines is 1. The summed E-state index contributed by atoms with van der Waals surface area (Å²) in [6.07, 6.45) is 9.20. The lowest BCUT2D eigenvalue weighted by Gasteiger charge is -2.27. The molecule has 19 heavy (non-hydrogen) atoms. The smallest absolute Gasteiger partial charge is 0.271 e. The summed E-state index contributed by atoms with van der Waals surface area (Å²) in [6.45, 7) is 2.95. The molecule has 2 N–H and O–H groups in total. The molecule has 1 aliphatic carbocycles. The summed E-state index contributed by atoms with van der Waals surface area (Å²) < 4.78 is 0. The number of amides is 1. The highest BCUT2D eigenvalue weighted by Crippen LogP contribution is 2.40. The van der Waals surface area contributed by atoms with Gasteiger partial charge in [-0.3, -0.25) is 9.78 Å². The van der Waals surface area contributed by atoms with Crippen molar-refractivity contribution >= 4 is 11.7 Å². The topological polar surface area (TPSA) is 66.9 Å². The maximum atomic E-state index is 12.1. The summed E-state index contributed by atoms with van der Waals surface area (Å²) in [5, 5.41) is 5.90. The van der Waals surface area contributed by atoms with Crippen LogP contribution >= 0.6 is 0 Å². The zero-order valence-corrected chi connectivity index (χ0v) is 11.7. The van der Waals surface area contributed by atoms with E-state index >= 15 is 0 Å². The van der Waals surface area contributed by atoms with E-state index in [-0.39, 0.29) is 5.91 Å². The molecule has 0 aliphatic heterocycles. The average molecular weight is 262 g/mol. The number of hydrogen-bond acceptors (Lipinski definition) is 4. The van der Waals surface area contributed by atoms with Crippen molar-refractivity contribution < 1.29 is 4.79 Å². The van der Waals surface area contributed by atoms with Gasteiger partial charge < -0.3 is 10.6 Å². The lowest BCUT2D eigenvalue weighted by Crippen LogP contribution is -2.36. The summed E-state index contributed by atoms with van der Waals surface area (Å²) >= 11 is 0. The number of rotatable bonds is 5. The summed E-state index contributed by atoms with van der Waals surface area (Å²) in [5.74, 6) is 0.475. The molecule has 0 saturated heterocycles. The van der Waals surface area contributed by atoms with Gasteiger partial charge in [-0.15, -0.1) is 0 Å². The molecule has 2 rings (SSSR count). The zero-order valence-electron chi connectivity index (χ0n) is 11.7. The van der Waals surface area contributed by atoms with E-state index in [1.165, 1.54) is 31.9 Å². The molecule has 1 heterocycles. The molecule has 1 saturated carbocycles. The number of nitrogens with zero attached hydrogens (tertiary/aromatic N) is 2. The van der Waals surface area contributed by atoms with Gasteiger partial charge in [0.2, 0.25) is 0 Å². The van der Waals surface area contributed by atoms with Crippen molar-refractivity contribution in [2.75, 3.05) is 18.9 Å². The van der Waals surface area contributed by atoms with Crippen molar-refractivity contribution in [3.8, 4) is 0 Å². The molecule has 0 spiro atoms. The Kier molecular flexibility index (Phi) is 4.35. The van der Waals surface area contributed by atoms with Crippen LogP contribution in [-0.4, -0.2) is 29.5 Å². The highest BCUT2D eigenvalue weighted by Gasteiger charge is 2.32. The van der Waals surface area contributed by atoms with E-state index in [4.69, 9.17) is 0 Å². The van der Waals surface area contributed by atoms with Crippen LogP contribution in [0.4, 0.5) is 5.82 Å². The molecule has 5 heteroatoms. The molecule has 104 valence electrons. The fraction of sp³-hybridized carbons (Fsp3) is 0.643. The van der Waals surface area contributed by atoms with Crippen molar-refractivity contribution in [3.63, 3.8) is 0 Å². The quantitative estimate of drug-likeness (QED) is 0.854. The summed E-state index contributed by atoms with van der Waals surface area (Å²) in [5.41, 5.74) is 0.667. The first kappa shape index (κ1) is 13.8. The van der Waals surface area contributed by atoms with Crippen LogP contribution in [0, 0.1) is 5.41 Å². The van der Waals surface area contributed by atoms with E-state index in [1.807, 2.05) is 0 Å². The van der Waals surface area contributed by atoms with Crippen molar-refractivity contribution in [1.82, 2.24) is 15.3 Å². The van der Waals surface area contributed by atoms with Gasteiger partial charge in [0.05, 0.1) is 12.4 Å². The van der Waals surface area contributed by atoms with Crippen LogP contribution in [0.15, 0.2) is 12.4 Å². The third-order valence-corrected chi connectivity index (χ3v) is 4.16. The molecule has 0 atom stereocenters. The second kappa shape index (κ2) is 5.99. The van der Waals surface area contributed by atoms with E-state index in [2.05, 4.69) is 27.5 Å². The Morgan fingerprint density at radius 2 is 2.11 bits per heavy atom. The second-order valence-corrected chi connectivity index (χ2v) is 5.28. The van der Waals surface area contributed by atoms with Crippen molar-refractivity contribution in [2.45, 2.75) is 39.0 Å². The minimum absolute atomic E-state index is 0.135. The molecule has 0 unspecified atom stereocenters. The molecule has 5 nitrogen and oxygen atoms in total. The predicted molar refractivity (Wildman–Crippen MR) is 75.1 cm³/mol. The SMILES string of the molecule is CCC1(CNC(=O)c2cncc(NC)n2)CCCC1. The normalized spacial score (nSPS) is 17.2. The number of carbonyl (C=O) groups is 1. The highest BCUT2D eigenvalue weighted by molar-refractivity contribution is 5.92. The summed E-state index contributed by atoms with van der Waals surface area (Å²) in [6, 6.07) is 0. The largest absolute Gasteiger partial charge is 0.372 e. The first-order valence-electron chi connectivity index (χ1n) is 6.97. The Morgan fingerprint density at radius 1 is 1.37 bits per heavy atom. The van der Waals surface area contributed by atoms with Gasteiger partial charge in [0.1, 0.15) is 11.5 Å². The average Bonchev–Trinajstić information content (AvgIpc) is 2.94. The number of hydrogen-bond donors (Lipinski definition) is 2. The fourth-order valence-electron chi connectivity index (χ4n) is 2.73. The number of aromatic nitrogens is 2. The molecular formula is C14H22N4O. The third-order valence-electron chi connectivity index (χ3n) is 4.16. The molecule has 0 bridgehead atoms. The van der Waals surface area contributed by atoms with Crippen LogP contribution in [0.25, 0.3) is 0 Å². The fourth-order valence-corrected chi connectivity index (χ4v) is 2.73. The minimum Gasteiger partial charge on any atom is -0.372 e. The van der Waals surface area contributed by atoms with E-state index in [0.717, 1.165) is 13.0 Å². The maximum Gasteiger partial charge on any atom is 0.271 e. The Hall–Kier alpha value is -1.65. The molecule has 1 aliphatic rings.